The molecular formula is C27H50O5Si2. The lowest BCUT2D eigenvalue weighted by atomic mass is 10.0. The van der Waals surface area contributed by atoms with Crippen LogP contribution in [0.3, 0.4) is 0 Å². The molecule has 1 heterocycles. The molecule has 1 aromatic rings. The van der Waals surface area contributed by atoms with Crippen molar-refractivity contribution in [2.75, 3.05) is 20.3 Å². The predicted octanol–water partition coefficient (Wildman–Crippen LogP) is 7.17. The Morgan fingerprint density at radius 1 is 0.912 bits per heavy atom. The van der Waals surface area contributed by atoms with Gasteiger partial charge in [-0.15, -0.1) is 0 Å². The van der Waals surface area contributed by atoms with Crippen molar-refractivity contribution in [1.29, 1.82) is 0 Å². The SMILES string of the molecule is COc1ccc(CO[C@H]2C[C@](C)(CO[Si](C)(C)C(C)(C)C)O[C@@H]2CO[Si](C)(C)C(C)(C)C)cc1. The van der Waals surface area contributed by atoms with Crippen LogP contribution < -0.4 is 4.74 Å². The molecule has 3 atom stereocenters. The average Bonchev–Trinajstić information content (AvgIpc) is 3.04. The first-order valence-electron chi connectivity index (χ1n) is 12.6. The summed E-state index contributed by atoms with van der Waals surface area (Å²) in [6, 6.07) is 8.04. The van der Waals surface area contributed by atoms with Crippen molar-refractivity contribution in [2.24, 2.45) is 0 Å². The molecule has 1 aromatic carbocycles. The summed E-state index contributed by atoms with van der Waals surface area (Å²) in [5.41, 5.74) is 0.734. The molecule has 0 aromatic heterocycles. The van der Waals surface area contributed by atoms with Crippen molar-refractivity contribution in [3.05, 3.63) is 29.8 Å². The molecule has 1 aliphatic rings. The smallest absolute Gasteiger partial charge is 0.192 e. The van der Waals surface area contributed by atoms with Gasteiger partial charge in [-0.05, 0) is 60.9 Å². The van der Waals surface area contributed by atoms with Gasteiger partial charge in [-0.2, -0.15) is 0 Å². The van der Waals surface area contributed by atoms with E-state index in [1.54, 1.807) is 7.11 Å². The second-order valence-corrected chi connectivity index (χ2v) is 22.7. The third kappa shape index (κ3) is 7.64. The fourth-order valence-electron chi connectivity index (χ4n) is 3.43. The number of hydrogen-bond donors (Lipinski definition) is 0. The van der Waals surface area contributed by atoms with Crippen molar-refractivity contribution >= 4 is 16.6 Å². The molecule has 34 heavy (non-hydrogen) atoms. The van der Waals surface area contributed by atoms with Crippen LogP contribution in [0.4, 0.5) is 0 Å². The fourth-order valence-corrected chi connectivity index (χ4v) is 5.54. The van der Waals surface area contributed by atoms with Gasteiger partial charge in [-0.1, -0.05) is 53.7 Å². The van der Waals surface area contributed by atoms with E-state index in [0.29, 0.717) is 19.8 Å². The van der Waals surface area contributed by atoms with Crippen molar-refractivity contribution < 1.29 is 23.1 Å². The molecule has 5 nitrogen and oxygen atoms in total. The molecule has 1 fully saturated rings. The number of methoxy groups -OCH3 is 1. The summed E-state index contributed by atoms with van der Waals surface area (Å²) < 4.78 is 31.5. The van der Waals surface area contributed by atoms with Crippen LogP contribution in [0.25, 0.3) is 0 Å². The van der Waals surface area contributed by atoms with E-state index >= 15 is 0 Å². The Bertz CT molecular complexity index is 780. The third-order valence-electron chi connectivity index (χ3n) is 8.07. The zero-order valence-corrected chi connectivity index (χ0v) is 25.8. The summed E-state index contributed by atoms with van der Waals surface area (Å²) in [5, 5.41) is 0.316. The van der Waals surface area contributed by atoms with Crippen LogP contribution in [0.1, 0.15) is 60.5 Å². The third-order valence-corrected chi connectivity index (χ3v) is 17.0. The molecule has 1 aliphatic heterocycles. The lowest BCUT2D eigenvalue weighted by Gasteiger charge is -2.39. The molecule has 0 amide bonds. The molecule has 0 bridgehead atoms. The predicted molar refractivity (Wildman–Crippen MR) is 146 cm³/mol. The van der Waals surface area contributed by atoms with E-state index in [-0.39, 0.29) is 27.9 Å². The molecule has 0 N–H and O–H groups in total. The zero-order valence-electron chi connectivity index (χ0n) is 23.8. The number of rotatable bonds is 10. The summed E-state index contributed by atoms with van der Waals surface area (Å²) in [5.74, 6) is 0.851. The van der Waals surface area contributed by atoms with Crippen LogP contribution in [0.2, 0.25) is 36.3 Å². The number of hydrogen-bond acceptors (Lipinski definition) is 5. The Labute approximate surface area is 211 Å². The molecule has 0 saturated carbocycles. The molecule has 196 valence electrons. The summed E-state index contributed by atoms with van der Waals surface area (Å²) in [7, 11) is -2.09. The Morgan fingerprint density at radius 3 is 1.94 bits per heavy atom. The van der Waals surface area contributed by atoms with Gasteiger partial charge in [-0.25, -0.2) is 0 Å². The van der Waals surface area contributed by atoms with Crippen LogP contribution in [0, 0.1) is 0 Å². The quantitative estimate of drug-likeness (QED) is 0.312. The van der Waals surface area contributed by atoms with Gasteiger partial charge in [0.2, 0.25) is 0 Å². The van der Waals surface area contributed by atoms with Crippen molar-refractivity contribution in [3.63, 3.8) is 0 Å². The topological polar surface area (TPSA) is 46.2 Å². The van der Waals surface area contributed by atoms with Gasteiger partial charge in [0, 0.05) is 6.42 Å². The summed E-state index contributed by atoms with van der Waals surface area (Å²) in [6.07, 6.45) is 0.642. The highest BCUT2D eigenvalue weighted by atomic mass is 28.4. The Kier molecular flexibility index (Phi) is 9.32. The van der Waals surface area contributed by atoms with Gasteiger partial charge in [0.25, 0.3) is 0 Å². The summed E-state index contributed by atoms with van der Waals surface area (Å²) in [6.45, 7) is 26.6. The molecule has 0 radical (unpaired) electrons. The second-order valence-electron chi connectivity index (χ2n) is 13.1. The van der Waals surface area contributed by atoms with E-state index in [1.165, 1.54) is 0 Å². The number of benzene rings is 1. The standard InChI is InChI=1S/C27H50O5Si2/c1-25(2,3)33(9,10)30-19-24-23(29-18-21-13-15-22(28-8)16-14-21)17-27(7,32-24)20-31-34(11,12)26(4,5)6/h13-16,23-24H,17-20H2,1-12H3/t23-,24+,27+/m0/s1. The minimum absolute atomic E-state index is 0.0418. The van der Waals surface area contributed by atoms with Crippen LogP contribution in [-0.2, 0) is 24.9 Å². The first-order chi connectivity index (χ1) is 15.4. The van der Waals surface area contributed by atoms with Gasteiger partial charge in [0.15, 0.2) is 16.6 Å². The molecule has 2 rings (SSSR count). The van der Waals surface area contributed by atoms with Gasteiger partial charge < -0.3 is 23.1 Å². The number of ether oxygens (including phenoxy) is 3. The van der Waals surface area contributed by atoms with Crippen molar-refractivity contribution in [1.82, 2.24) is 0 Å². The lowest BCUT2D eigenvalue weighted by Crippen LogP contribution is -2.46. The molecule has 0 unspecified atom stereocenters. The molecule has 1 saturated heterocycles. The fraction of sp³-hybridized carbons (Fsp3) is 0.778. The summed E-state index contributed by atoms with van der Waals surface area (Å²) in [4.78, 5) is 0. The van der Waals surface area contributed by atoms with E-state index in [1.807, 2.05) is 12.1 Å². The normalized spacial score (nSPS) is 24.5. The second kappa shape index (κ2) is 10.7. The lowest BCUT2D eigenvalue weighted by molar-refractivity contribution is -0.0892. The Morgan fingerprint density at radius 2 is 1.44 bits per heavy atom. The summed E-state index contributed by atoms with van der Waals surface area (Å²) >= 11 is 0. The molecule has 0 aliphatic carbocycles. The highest BCUT2D eigenvalue weighted by molar-refractivity contribution is 6.74. The van der Waals surface area contributed by atoms with E-state index in [9.17, 15) is 0 Å². The van der Waals surface area contributed by atoms with Gasteiger partial charge in [0.1, 0.15) is 11.9 Å². The Hall–Kier alpha value is -0.706. The maximum atomic E-state index is 6.65. The van der Waals surface area contributed by atoms with Crippen LogP contribution in [0.15, 0.2) is 24.3 Å². The first kappa shape index (κ1) is 29.5. The maximum Gasteiger partial charge on any atom is 0.192 e. The van der Waals surface area contributed by atoms with Crippen LogP contribution in [0.5, 0.6) is 5.75 Å². The minimum Gasteiger partial charge on any atom is -0.497 e. The van der Waals surface area contributed by atoms with E-state index in [4.69, 9.17) is 23.1 Å². The monoisotopic (exact) mass is 510 g/mol. The van der Waals surface area contributed by atoms with E-state index in [2.05, 4.69) is 86.8 Å². The highest BCUT2D eigenvalue weighted by Gasteiger charge is 2.48. The van der Waals surface area contributed by atoms with Gasteiger partial charge in [-0.3, -0.25) is 0 Å². The highest BCUT2D eigenvalue weighted by Crippen LogP contribution is 2.41. The zero-order chi connectivity index (χ0) is 26.0. The largest absolute Gasteiger partial charge is 0.497 e. The average molecular weight is 511 g/mol. The van der Waals surface area contributed by atoms with Crippen molar-refractivity contribution in [2.45, 2.75) is 116 Å². The van der Waals surface area contributed by atoms with Gasteiger partial charge in [0.05, 0.1) is 38.6 Å². The van der Waals surface area contributed by atoms with E-state index in [0.717, 1.165) is 17.7 Å². The van der Waals surface area contributed by atoms with Crippen LogP contribution >= 0.6 is 0 Å². The first-order valence-corrected chi connectivity index (χ1v) is 18.4. The molecule has 7 heteroatoms. The maximum absolute atomic E-state index is 6.65. The Balaban J connectivity index is 2.12. The minimum atomic E-state index is -1.89. The van der Waals surface area contributed by atoms with E-state index < -0.39 is 16.6 Å². The molecular weight excluding hydrogens is 460 g/mol. The van der Waals surface area contributed by atoms with Gasteiger partial charge >= 0.3 is 0 Å². The molecule has 0 spiro atoms. The van der Waals surface area contributed by atoms with Crippen LogP contribution in [-0.4, -0.2) is 54.8 Å². The van der Waals surface area contributed by atoms with Crippen molar-refractivity contribution in [3.8, 4) is 5.75 Å².